The molecule has 9 nitrogen and oxygen atoms in total. The molecule has 11 heteroatoms. The molecule has 1 atom stereocenters. The predicted molar refractivity (Wildman–Crippen MR) is 138 cm³/mol. The summed E-state index contributed by atoms with van der Waals surface area (Å²) < 4.78 is 28.2. The molecular formula is C23H37N5O4S2. The Bertz CT molecular complexity index is 1030. The molecule has 1 unspecified atom stereocenters. The summed E-state index contributed by atoms with van der Waals surface area (Å²) in [4.78, 5) is 27.1. The summed E-state index contributed by atoms with van der Waals surface area (Å²) in [7, 11) is -0.0616. The zero-order valence-electron chi connectivity index (χ0n) is 21.3. The minimum Gasteiger partial charge on any atom is -0.346 e. The van der Waals surface area contributed by atoms with Crippen LogP contribution in [0, 0.1) is 5.41 Å². The Labute approximate surface area is 207 Å². The maximum atomic E-state index is 13.5. The number of nitrogens with zero attached hydrogens (tertiary/aromatic N) is 3. The van der Waals surface area contributed by atoms with E-state index in [-0.39, 0.29) is 23.2 Å². The van der Waals surface area contributed by atoms with E-state index >= 15 is 0 Å². The molecule has 0 spiro atoms. The normalized spacial score (nSPS) is 19.3. The van der Waals surface area contributed by atoms with Gasteiger partial charge in [-0.25, -0.2) is 18.1 Å². The molecule has 0 fully saturated rings. The monoisotopic (exact) mass is 511 g/mol. The smallest absolute Gasteiger partial charge is 0.278 e. The van der Waals surface area contributed by atoms with Crippen LogP contribution < -0.4 is 10.0 Å². The average Bonchev–Trinajstić information content (AvgIpc) is 3.10. The van der Waals surface area contributed by atoms with Gasteiger partial charge in [0.2, 0.25) is 15.9 Å². The fraction of sp³-hybridized carbons (Fsp3) is 0.609. The van der Waals surface area contributed by atoms with Gasteiger partial charge in [0.25, 0.3) is 5.91 Å². The number of carbonyl (C=O) groups excluding carboxylic acids is 2. The van der Waals surface area contributed by atoms with Crippen molar-refractivity contribution in [2.24, 2.45) is 10.5 Å². The van der Waals surface area contributed by atoms with E-state index in [0.717, 1.165) is 11.8 Å². The van der Waals surface area contributed by atoms with Crippen molar-refractivity contribution < 1.29 is 18.0 Å². The van der Waals surface area contributed by atoms with Crippen molar-refractivity contribution in [3.8, 4) is 0 Å². The van der Waals surface area contributed by atoms with Gasteiger partial charge in [-0.3, -0.25) is 9.59 Å². The van der Waals surface area contributed by atoms with Gasteiger partial charge in [-0.15, -0.1) is 0 Å². The minimum absolute atomic E-state index is 0.0963. The van der Waals surface area contributed by atoms with Crippen LogP contribution in [0.4, 0.5) is 0 Å². The maximum absolute atomic E-state index is 13.5. The molecule has 1 aliphatic heterocycles. The van der Waals surface area contributed by atoms with Gasteiger partial charge in [-0.2, -0.15) is 5.10 Å². The van der Waals surface area contributed by atoms with Crippen molar-refractivity contribution >= 4 is 38.6 Å². The average molecular weight is 512 g/mol. The molecule has 34 heavy (non-hydrogen) atoms. The van der Waals surface area contributed by atoms with Gasteiger partial charge in [0.1, 0.15) is 0 Å². The van der Waals surface area contributed by atoms with Gasteiger partial charge >= 0.3 is 0 Å². The van der Waals surface area contributed by atoms with Crippen LogP contribution in [0.1, 0.15) is 47.1 Å². The fourth-order valence-corrected chi connectivity index (χ4v) is 5.55. The number of rotatable bonds is 8. The van der Waals surface area contributed by atoms with Crippen molar-refractivity contribution in [2.45, 2.75) is 52.0 Å². The van der Waals surface area contributed by atoms with Crippen LogP contribution >= 0.6 is 11.8 Å². The molecule has 0 saturated heterocycles. The van der Waals surface area contributed by atoms with E-state index in [1.807, 2.05) is 51.1 Å². The summed E-state index contributed by atoms with van der Waals surface area (Å²) in [5.74, 6) is -0.839. The highest BCUT2D eigenvalue weighted by atomic mass is 32.2. The third kappa shape index (κ3) is 7.27. The Kier molecular flexibility index (Phi) is 8.61. The predicted octanol–water partition coefficient (Wildman–Crippen LogP) is 2.17. The summed E-state index contributed by atoms with van der Waals surface area (Å²) >= 11 is 1.08. The first-order valence-corrected chi connectivity index (χ1v) is 13.6. The number of hydrogen-bond acceptors (Lipinski definition) is 7. The highest BCUT2D eigenvalue weighted by Crippen LogP contribution is 2.47. The first kappa shape index (κ1) is 28.3. The van der Waals surface area contributed by atoms with Crippen LogP contribution in [0.3, 0.4) is 0 Å². The molecule has 190 valence electrons. The SMILES string of the molecule is CN(C)CCS(=O)(=O)NCC1(c2ccccc2)SC(C(=O)NC(C)(C)C)=NN1C(=O)C(C)(C)C. The van der Waals surface area contributed by atoms with Crippen molar-refractivity contribution in [2.75, 3.05) is 32.9 Å². The standard InChI is InChI=1S/C23H37N5O4S2/c1-21(2,3)20(30)28-23(17-12-10-9-11-13-17,16-24-34(31,32)15-14-27(7)8)33-19(26-28)18(29)25-22(4,5)6/h9-13,24H,14-16H2,1-8H3,(H,25,29). The molecule has 0 saturated carbocycles. The lowest BCUT2D eigenvalue weighted by Gasteiger charge is -2.38. The largest absolute Gasteiger partial charge is 0.346 e. The molecule has 2 amide bonds. The summed E-state index contributed by atoms with van der Waals surface area (Å²) in [6.45, 7) is 11.1. The number of hydrazone groups is 1. The van der Waals surface area contributed by atoms with Crippen LogP contribution in [-0.4, -0.2) is 73.7 Å². The topological polar surface area (TPSA) is 111 Å². The van der Waals surface area contributed by atoms with E-state index in [1.54, 1.807) is 39.8 Å². The molecule has 0 radical (unpaired) electrons. The zero-order chi connectivity index (χ0) is 25.9. The minimum atomic E-state index is -3.66. The van der Waals surface area contributed by atoms with E-state index < -0.39 is 31.8 Å². The molecule has 1 aliphatic rings. The van der Waals surface area contributed by atoms with Crippen molar-refractivity contribution in [1.29, 1.82) is 0 Å². The van der Waals surface area contributed by atoms with E-state index in [9.17, 15) is 18.0 Å². The first-order chi connectivity index (χ1) is 15.5. The van der Waals surface area contributed by atoms with Gasteiger partial charge in [0.05, 0.1) is 12.3 Å². The van der Waals surface area contributed by atoms with Crippen molar-refractivity contribution in [1.82, 2.24) is 19.9 Å². The van der Waals surface area contributed by atoms with Gasteiger partial charge in [-0.1, -0.05) is 62.9 Å². The molecule has 0 aliphatic carbocycles. The van der Waals surface area contributed by atoms with Gasteiger partial charge in [-0.05, 0) is 40.4 Å². The molecule has 2 rings (SSSR count). The van der Waals surface area contributed by atoms with E-state index in [0.29, 0.717) is 12.1 Å². The highest BCUT2D eigenvalue weighted by molar-refractivity contribution is 8.16. The molecular weight excluding hydrogens is 474 g/mol. The number of benzene rings is 1. The Morgan fingerprint density at radius 1 is 1.09 bits per heavy atom. The second kappa shape index (κ2) is 10.3. The number of amides is 2. The Morgan fingerprint density at radius 3 is 2.18 bits per heavy atom. The Hall–Kier alpha value is -1.95. The number of sulfonamides is 1. The first-order valence-electron chi connectivity index (χ1n) is 11.1. The summed E-state index contributed by atoms with van der Waals surface area (Å²) in [5, 5.41) is 8.71. The van der Waals surface area contributed by atoms with E-state index in [2.05, 4.69) is 15.1 Å². The summed E-state index contributed by atoms with van der Waals surface area (Å²) in [6.07, 6.45) is 0. The number of carbonyl (C=O) groups is 2. The number of thioether (sulfide) groups is 1. The van der Waals surface area contributed by atoms with Crippen molar-refractivity contribution in [3.63, 3.8) is 0 Å². The van der Waals surface area contributed by atoms with Crippen LogP contribution in [0.15, 0.2) is 35.4 Å². The Balaban J connectivity index is 2.55. The van der Waals surface area contributed by atoms with Crippen LogP contribution in [0.2, 0.25) is 0 Å². The highest BCUT2D eigenvalue weighted by Gasteiger charge is 2.52. The lowest BCUT2D eigenvalue weighted by molar-refractivity contribution is -0.143. The zero-order valence-corrected chi connectivity index (χ0v) is 22.9. The lowest BCUT2D eigenvalue weighted by Crippen LogP contribution is -2.52. The fourth-order valence-electron chi connectivity index (χ4n) is 3.08. The third-order valence-electron chi connectivity index (χ3n) is 4.88. The van der Waals surface area contributed by atoms with E-state index in [4.69, 9.17) is 0 Å². The second-order valence-corrected chi connectivity index (χ2v) is 13.9. The molecule has 1 heterocycles. The van der Waals surface area contributed by atoms with Crippen LogP contribution in [0.5, 0.6) is 0 Å². The molecule has 0 aromatic heterocycles. The summed E-state index contributed by atoms with van der Waals surface area (Å²) in [5.41, 5.74) is -0.663. The Morgan fingerprint density at radius 2 is 1.68 bits per heavy atom. The quantitative estimate of drug-likeness (QED) is 0.553. The van der Waals surface area contributed by atoms with E-state index in [1.165, 1.54) is 5.01 Å². The summed E-state index contributed by atoms with van der Waals surface area (Å²) in [6, 6.07) is 9.08. The maximum Gasteiger partial charge on any atom is 0.278 e. The van der Waals surface area contributed by atoms with Crippen LogP contribution in [0.25, 0.3) is 0 Å². The van der Waals surface area contributed by atoms with Gasteiger partial charge < -0.3 is 10.2 Å². The van der Waals surface area contributed by atoms with Gasteiger partial charge in [0.15, 0.2) is 9.91 Å². The molecule has 0 bridgehead atoms. The van der Waals surface area contributed by atoms with Gasteiger partial charge in [0, 0.05) is 17.5 Å². The lowest BCUT2D eigenvalue weighted by atomic mass is 9.93. The third-order valence-corrected chi connectivity index (χ3v) is 7.53. The van der Waals surface area contributed by atoms with Crippen LogP contribution in [-0.2, 0) is 24.5 Å². The molecule has 2 N–H and O–H groups in total. The molecule has 1 aromatic carbocycles. The number of nitrogens with one attached hydrogen (secondary N) is 2. The molecule has 1 aromatic rings. The number of hydrogen-bond donors (Lipinski definition) is 2. The van der Waals surface area contributed by atoms with Crippen molar-refractivity contribution in [3.05, 3.63) is 35.9 Å². The second-order valence-electron chi connectivity index (χ2n) is 10.7.